The van der Waals surface area contributed by atoms with Crippen molar-refractivity contribution in [3.05, 3.63) is 48.0 Å². The Balaban J connectivity index is 1.82. The lowest BCUT2D eigenvalue weighted by Crippen LogP contribution is -2.36. The van der Waals surface area contributed by atoms with Crippen molar-refractivity contribution in [1.29, 1.82) is 0 Å². The molecule has 0 bridgehead atoms. The highest BCUT2D eigenvalue weighted by Crippen LogP contribution is 2.38. The Kier molecular flexibility index (Phi) is 7.51. The number of hydrogen-bond acceptors (Lipinski definition) is 6. The molecule has 8 heteroatoms. The van der Waals surface area contributed by atoms with Gasteiger partial charge in [0.2, 0.25) is 11.7 Å². The van der Waals surface area contributed by atoms with Crippen LogP contribution in [0.4, 0.5) is 5.69 Å². The van der Waals surface area contributed by atoms with Gasteiger partial charge in [0.05, 0.1) is 34.0 Å². The number of para-hydroxylation sites is 1. The van der Waals surface area contributed by atoms with Crippen molar-refractivity contribution < 1.29 is 23.7 Å². The third kappa shape index (κ3) is 5.42. The first-order chi connectivity index (χ1) is 14.6. The minimum Gasteiger partial charge on any atom is -0.493 e. The fraction of sp³-hybridized carbons (Fsp3) is 0.364. The zero-order valence-corrected chi connectivity index (χ0v) is 17.4. The molecule has 30 heavy (non-hydrogen) atoms. The van der Waals surface area contributed by atoms with Crippen molar-refractivity contribution in [2.75, 3.05) is 39.8 Å². The largest absolute Gasteiger partial charge is 0.493 e. The molecule has 8 nitrogen and oxygen atoms in total. The number of ether oxygens (including phenoxy) is 4. The summed E-state index contributed by atoms with van der Waals surface area (Å²) in [5.74, 6) is 1.21. The number of carbonyl (C=O) groups excluding carboxylic acids is 1. The monoisotopic (exact) mass is 413 g/mol. The molecule has 2 N–H and O–H groups in total. The number of nitrogens with zero attached hydrogens (tertiary/aromatic N) is 1. The van der Waals surface area contributed by atoms with Gasteiger partial charge in [0.1, 0.15) is 0 Å². The average molecular weight is 413 g/mol. The molecule has 1 fully saturated rings. The van der Waals surface area contributed by atoms with Crippen LogP contribution in [0.3, 0.4) is 0 Å². The van der Waals surface area contributed by atoms with Crippen LogP contribution in [0.2, 0.25) is 0 Å². The molecule has 0 saturated carbocycles. The summed E-state index contributed by atoms with van der Waals surface area (Å²) in [6.07, 6.45) is 2.05. The summed E-state index contributed by atoms with van der Waals surface area (Å²) in [7, 11) is 4.52. The van der Waals surface area contributed by atoms with E-state index in [0.717, 1.165) is 25.1 Å². The molecule has 0 spiro atoms. The van der Waals surface area contributed by atoms with Gasteiger partial charge in [-0.1, -0.05) is 18.2 Å². The van der Waals surface area contributed by atoms with Gasteiger partial charge in [-0.15, -0.1) is 0 Å². The van der Waals surface area contributed by atoms with Crippen LogP contribution in [0.15, 0.2) is 47.5 Å². The van der Waals surface area contributed by atoms with E-state index in [-0.39, 0.29) is 12.0 Å². The Morgan fingerprint density at radius 1 is 1.10 bits per heavy atom. The van der Waals surface area contributed by atoms with E-state index < -0.39 is 0 Å². The van der Waals surface area contributed by atoms with Crippen LogP contribution < -0.4 is 24.8 Å². The van der Waals surface area contributed by atoms with Crippen molar-refractivity contribution in [3.8, 4) is 17.2 Å². The number of methoxy groups -OCH3 is 3. The standard InChI is InChI=1S/C22H27N3O5/c1-27-18-12-15(13-19(28-2)20(18)29-3)21(26)25-22(23-14-17-10-7-11-30-17)24-16-8-5-4-6-9-16/h4-6,8-9,12-13,17H,7,10-11,14H2,1-3H3,(H2,23,24,25,26)/t17-/m1/s1. The van der Waals surface area contributed by atoms with Gasteiger partial charge >= 0.3 is 0 Å². The number of nitrogens with one attached hydrogen (secondary N) is 2. The Morgan fingerprint density at radius 2 is 1.80 bits per heavy atom. The Hall–Kier alpha value is -3.26. The Bertz CT molecular complexity index is 855. The minimum atomic E-state index is -0.358. The van der Waals surface area contributed by atoms with E-state index >= 15 is 0 Å². The Labute approximate surface area is 176 Å². The van der Waals surface area contributed by atoms with Crippen molar-refractivity contribution in [3.63, 3.8) is 0 Å². The lowest BCUT2D eigenvalue weighted by atomic mass is 10.1. The second-order valence-corrected chi connectivity index (χ2v) is 6.68. The minimum absolute atomic E-state index is 0.0654. The molecule has 1 aliphatic rings. The molecule has 2 aromatic carbocycles. The van der Waals surface area contributed by atoms with Crippen LogP contribution in [0.5, 0.6) is 17.2 Å². The van der Waals surface area contributed by atoms with Crippen LogP contribution >= 0.6 is 0 Å². The zero-order chi connectivity index (χ0) is 21.3. The highest BCUT2D eigenvalue weighted by Gasteiger charge is 2.19. The smallest absolute Gasteiger partial charge is 0.258 e. The maximum Gasteiger partial charge on any atom is 0.258 e. The van der Waals surface area contributed by atoms with Gasteiger partial charge in [-0.3, -0.25) is 10.1 Å². The molecule has 3 rings (SSSR count). The van der Waals surface area contributed by atoms with E-state index in [1.807, 2.05) is 30.3 Å². The van der Waals surface area contributed by atoms with Gasteiger partial charge in [-0.2, -0.15) is 0 Å². The normalized spacial score (nSPS) is 16.1. The van der Waals surface area contributed by atoms with Crippen molar-refractivity contribution in [1.82, 2.24) is 5.32 Å². The fourth-order valence-electron chi connectivity index (χ4n) is 3.14. The first-order valence-electron chi connectivity index (χ1n) is 9.74. The first kappa shape index (κ1) is 21.4. The molecule has 0 aromatic heterocycles. The van der Waals surface area contributed by atoms with Crippen molar-refractivity contribution >= 4 is 17.6 Å². The van der Waals surface area contributed by atoms with Crippen LogP contribution in [0.1, 0.15) is 23.2 Å². The molecule has 1 atom stereocenters. The third-order valence-corrected chi connectivity index (χ3v) is 4.67. The van der Waals surface area contributed by atoms with Crippen LogP contribution in [-0.4, -0.2) is 52.5 Å². The van der Waals surface area contributed by atoms with E-state index in [4.69, 9.17) is 18.9 Å². The van der Waals surface area contributed by atoms with E-state index in [9.17, 15) is 4.79 Å². The molecule has 1 saturated heterocycles. The number of rotatable bonds is 7. The summed E-state index contributed by atoms with van der Waals surface area (Å²) < 4.78 is 21.6. The highest BCUT2D eigenvalue weighted by atomic mass is 16.5. The molecule has 0 radical (unpaired) electrons. The van der Waals surface area contributed by atoms with Crippen molar-refractivity contribution in [2.45, 2.75) is 18.9 Å². The Morgan fingerprint density at radius 3 is 2.37 bits per heavy atom. The summed E-state index contributed by atoms with van der Waals surface area (Å²) in [5, 5.41) is 6.00. The number of hydrogen-bond donors (Lipinski definition) is 2. The summed E-state index contributed by atoms with van der Waals surface area (Å²) in [6.45, 7) is 1.21. The summed E-state index contributed by atoms with van der Waals surface area (Å²) >= 11 is 0. The zero-order valence-electron chi connectivity index (χ0n) is 17.4. The number of carbonyl (C=O) groups is 1. The number of amides is 1. The average Bonchev–Trinajstić information content (AvgIpc) is 3.30. The van der Waals surface area contributed by atoms with Crippen molar-refractivity contribution in [2.24, 2.45) is 4.99 Å². The van der Waals surface area contributed by atoms with E-state index in [1.165, 1.54) is 21.3 Å². The van der Waals surface area contributed by atoms with E-state index in [0.29, 0.717) is 35.3 Å². The topological polar surface area (TPSA) is 90.4 Å². The molecule has 2 aromatic rings. The predicted octanol–water partition coefficient (Wildman–Crippen LogP) is 3.09. The molecule has 1 heterocycles. The molecular weight excluding hydrogens is 386 g/mol. The third-order valence-electron chi connectivity index (χ3n) is 4.67. The van der Waals surface area contributed by atoms with Gasteiger partial charge < -0.3 is 24.3 Å². The van der Waals surface area contributed by atoms with Crippen LogP contribution in [0.25, 0.3) is 0 Å². The molecule has 1 aliphatic heterocycles. The maximum absolute atomic E-state index is 13.0. The molecular formula is C22H27N3O5. The first-order valence-corrected chi connectivity index (χ1v) is 9.74. The number of benzene rings is 2. The van der Waals surface area contributed by atoms with Gasteiger partial charge in [0, 0.05) is 17.9 Å². The number of guanidine groups is 1. The quantitative estimate of drug-likeness (QED) is 0.536. The van der Waals surface area contributed by atoms with E-state index in [2.05, 4.69) is 15.6 Å². The molecule has 0 unspecified atom stereocenters. The summed E-state index contributed by atoms with van der Waals surface area (Å²) in [5.41, 5.74) is 1.16. The lowest BCUT2D eigenvalue weighted by Gasteiger charge is -2.16. The SMILES string of the molecule is COc1cc(C(=O)NC(=NC[C@H]2CCCO2)Nc2ccccc2)cc(OC)c1OC. The predicted molar refractivity (Wildman–Crippen MR) is 115 cm³/mol. The maximum atomic E-state index is 13.0. The summed E-state index contributed by atoms with van der Waals surface area (Å²) in [6, 6.07) is 12.7. The second kappa shape index (κ2) is 10.5. The molecule has 160 valence electrons. The van der Waals surface area contributed by atoms with Crippen LogP contribution in [-0.2, 0) is 4.74 Å². The molecule has 1 amide bonds. The van der Waals surface area contributed by atoms with Gasteiger partial charge in [-0.25, -0.2) is 4.99 Å². The van der Waals surface area contributed by atoms with Gasteiger partial charge in [0.25, 0.3) is 5.91 Å². The molecule has 0 aliphatic carbocycles. The number of anilines is 1. The van der Waals surface area contributed by atoms with Gasteiger partial charge in [-0.05, 0) is 37.1 Å². The van der Waals surface area contributed by atoms with E-state index in [1.54, 1.807) is 12.1 Å². The number of aliphatic imine (C=N–C) groups is 1. The second-order valence-electron chi connectivity index (χ2n) is 6.68. The lowest BCUT2D eigenvalue weighted by molar-refractivity contribution is 0.0974. The highest BCUT2D eigenvalue weighted by molar-refractivity contribution is 6.10. The fourth-order valence-corrected chi connectivity index (χ4v) is 3.14. The van der Waals surface area contributed by atoms with Gasteiger partial charge in [0.15, 0.2) is 11.5 Å². The summed E-state index contributed by atoms with van der Waals surface area (Å²) in [4.78, 5) is 17.5. The van der Waals surface area contributed by atoms with Crippen LogP contribution in [0, 0.1) is 0 Å².